The first kappa shape index (κ1) is 13.2. The molecule has 0 saturated heterocycles. The Bertz CT molecular complexity index is 595. The molecular formula is C15H15F3N2. The van der Waals surface area contributed by atoms with Gasteiger partial charge in [-0.1, -0.05) is 18.9 Å². The fourth-order valence-corrected chi connectivity index (χ4v) is 2.75. The van der Waals surface area contributed by atoms with Gasteiger partial charge >= 0.3 is 6.18 Å². The molecule has 0 N–H and O–H groups in total. The molecular weight excluding hydrogens is 265 g/mol. The lowest BCUT2D eigenvalue weighted by Gasteiger charge is -2.09. The summed E-state index contributed by atoms with van der Waals surface area (Å²) in [6.07, 6.45) is 2.09. The van der Waals surface area contributed by atoms with Gasteiger partial charge in [-0.2, -0.15) is 18.3 Å². The van der Waals surface area contributed by atoms with Crippen LogP contribution in [0.5, 0.6) is 0 Å². The maximum atomic E-state index is 12.7. The summed E-state index contributed by atoms with van der Waals surface area (Å²) < 4.78 is 39.6. The second-order valence-corrected chi connectivity index (χ2v) is 5.21. The van der Waals surface area contributed by atoms with Crippen LogP contribution in [-0.2, 0) is 6.18 Å². The number of hydrogen-bond donors (Lipinski definition) is 0. The van der Waals surface area contributed by atoms with Crippen molar-refractivity contribution < 1.29 is 13.2 Å². The van der Waals surface area contributed by atoms with Crippen molar-refractivity contribution in [2.24, 2.45) is 0 Å². The molecule has 0 aliphatic heterocycles. The van der Waals surface area contributed by atoms with Gasteiger partial charge in [0, 0.05) is 12.1 Å². The average molecular weight is 280 g/mol. The molecule has 2 aromatic rings. The van der Waals surface area contributed by atoms with Gasteiger partial charge in [-0.05, 0) is 37.1 Å². The van der Waals surface area contributed by atoms with Crippen LogP contribution in [0.1, 0.15) is 42.9 Å². The van der Waals surface area contributed by atoms with E-state index in [1.54, 1.807) is 12.3 Å². The highest BCUT2D eigenvalue weighted by atomic mass is 19.4. The van der Waals surface area contributed by atoms with Crippen LogP contribution >= 0.6 is 0 Å². The van der Waals surface area contributed by atoms with E-state index in [0.717, 1.165) is 30.7 Å². The lowest BCUT2D eigenvalue weighted by Crippen LogP contribution is -2.06. The van der Waals surface area contributed by atoms with Crippen molar-refractivity contribution in [2.75, 3.05) is 0 Å². The van der Waals surface area contributed by atoms with Crippen LogP contribution in [0.2, 0.25) is 0 Å². The summed E-state index contributed by atoms with van der Waals surface area (Å²) in [4.78, 5) is 0. The monoisotopic (exact) mass is 280 g/mol. The summed E-state index contributed by atoms with van der Waals surface area (Å²) in [6, 6.07) is 7.17. The van der Waals surface area contributed by atoms with Crippen LogP contribution in [-0.4, -0.2) is 9.78 Å². The average Bonchev–Trinajstić information content (AvgIpc) is 3.09. The molecule has 1 fully saturated rings. The fraction of sp³-hybridized carbons (Fsp3) is 0.400. The molecule has 1 aromatic heterocycles. The molecule has 20 heavy (non-hydrogen) atoms. The Labute approximate surface area is 115 Å². The molecule has 1 heterocycles. The van der Waals surface area contributed by atoms with Crippen molar-refractivity contribution in [2.45, 2.75) is 37.8 Å². The largest absolute Gasteiger partial charge is 0.416 e. The lowest BCUT2D eigenvalue weighted by atomic mass is 10.1. The highest BCUT2D eigenvalue weighted by molar-refractivity contribution is 5.36. The minimum atomic E-state index is -4.32. The van der Waals surface area contributed by atoms with Gasteiger partial charge in [0.25, 0.3) is 0 Å². The predicted molar refractivity (Wildman–Crippen MR) is 69.8 cm³/mol. The predicted octanol–water partition coefficient (Wildman–Crippen LogP) is 4.55. The van der Waals surface area contributed by atoms with Gasteiger partial charge in [-0.15, -0.1) is 0 Å². The molecule has 0 bridgehead atoms. The van der Waals surface area contributed by atoms with Gasteiger partial charge in [0.05, 0.1) is 16.9 Å². The van der Waals surface area contributed by atoms with Gasteiger partial charge in [0.15, 0.2) is 0 Å². The number of hydrogen-bond acceptors (Lipinski definition) is 1. The molecule has 1 aliphatic rings. The minimum Gasteiger partial charge on any atom is -0.241 e. The molecule has 106 valence electrons. The van der Waals surface area contributed by atoms with Crippen LogP contribution in [0.15, 0.2) is 36.5 Å². The van der Waals surface area contributed by atoms with Gasteiger partial charge in [-0.25, -0.2) is 4.68 Å². The van der Waals surface area contributed by atoms with E-state index in [1.807, 2.05) is 6.07 Å². The van der Waals surface area contributed by atoms with E-state index in [1.165, 1.54) is 23.6 Å². The normalized spacial score (nSPS) is 16.8. The highest BCUT2D eigenvalue weighted by Crippen LogP contribution is 2.34. The Kier molecular flexibility index (Phi) is 3.28. The number of aromatic nitrogens is 2. The molecule has 0 amide bonds. The molecule has 5 heteroatoms. The molecule has 3 rings (SSSR count). The fourth-order valence-electron chi connectivity index (χ4n) is 2.75. The first-order chi connectivity index (χ1) is 9.54. The maximum Gasteiger partial charge on any atom is 0.416 e. The Morgan fingerprint density at radius 1 is 1.10 bits per heavy atom. The van der Waals surface area contributed by atoms with Gasteiger partial charge < -0.3 is 0 Å². The van der Waals surface area contributed by atoms with Gasteiger partial charge in [0.2, 0.25) is 0 Å². The van der Waals surface area contributed by atoms with Crippen LogP contribution < -0.4 is 0 Å². The quantitative estimate of drug-likeness (QED) is 0.789. The summed E-state index contributed by atoms with van der Waals surface area (Å²) in [5, 5.41) is 4.43. The number of rotatable bonds is 2. The molecule has 0 atom stereocenters. The van der Waals surface area contributed by atoms with Crippen LogP contribution in [0.3, 0.4) is 0 Å². The second-order valence-electron chi connectivity index (χ2n) is 5.21. The summed E-state index contributed by atoms with van der Waals surface area (Å²) in [5.41, 5.74) is 0.789. The van der Waals surface area contributed by atoms with Crippen molar-refractivity contribution in [1.82, 2.24) is 9.78 Å². The lowest BCUT2D eigenvalue weighted by molar-refractivity contribution is -0.137. The third-order valence-corrected chi connectivity index (χ3v) is 3.82. The molecule has 0 unspecified atom stereocenters. The van der Waals surface area contributed by atoms with Crippen LogP contribution in [0, 0.1) is 0 Å². The summed E-state index contributed by atoms with van der Waals surface area (Å²) >= 11 is 0. The van der Waals surface area contributed by atoms with E-state index >= 15 is 0 Å². The Balaban J connectivity index is 1.89. The van der Waals surface area contributed by atoms with E-state index in [-0.39, 0.29) is 0 Å². The van der Waals surface area contributed by atoms with Crippen molar-refractivity contribution in [3.8, 4) is 5.69 Å². The van der Waals surface area contributed by atoms with Gasteiger partial charge in [0.1, 0.15) is 0 Å². The molecule has 1 aromatic carbocycles. The number of nitrogens with zero attached hydrogens (tertiary/aromatic N) is 2. The SMILES string of the molecule is FC(F)(F)c1cccc(-n2ccc(C3CCCC3)n2)c1. The Morgan fingerprint density at radius 2 is 1.85 bits per heavy atom. The summed E-state index contributed by atoms with van der Waals surface area (Å²) in [5.74, 6) is 0.460. The first-order valence-electron chi connectivity index (χ1n) is 6.77. The first-order valence-corrected chi connectivity index (χ1v) is 6.77. The number of halogens is 3. The molecule has 1 saturated carbocycles. The van der Waals surface area contributed by atoms with E-state index in [0.29, 0.717) is 11.6 Å². The van der Waals surface area contributed by atoms with E-state index in [9.17, 15) is 13.2 Å². The third-order valence-electron chi connectivity index (χ3n) is 3.82. The molecule has 0 radical (unpaired) electrons. The van der Waals surface area contributed by atoms with Crippen molar-refractivity contribution >= 4 is 0 Å². The van der Waals surface area contributed by atoms with E-state index in [2.05, 4.69) is 5.10 Å². The zero-order chi connectivity index (χ0) is 14.2. The van der Waals surface area contributed by atoms with Crippen molar-refractivity contribution in [1.29, 1.82) is 0 Å². The zero-order valence-electron chi connectivity index (χ0n) is 10.9. The maximum absolute atomic E-state index is 12.7. The third kappa shape index (κ3) is 2.57. The zero-order valence-corrected chi connectivity index (χ0v) is 10.9. The minimum absolute atomic E-state index is 0.448. The number of alkyl halides is 3. The smallest absolute Gasteiger partial charge is 0.241 e. The summed E-state index contributed by atoms with van der Waals surface area (Å²) in [7, 11) is 0. The highest BCUT2D eigenvalue weighted by Gasteiger charge is 2.30. The topological polar surface area (TPSA) is 17.8 Å². The van der Waals surface area contributed by atoms with E-state index < -0.39 is 11.7 Å². The number of benzene rings is 1. The standard InChI is InChI=1S/C15H15F3N2/c16-15(17,18)12-6-3-7-13(10-12)20-9-8-14(19-20)11-4-1-2-5-11/h3,6-11H,1-2,4-5H2. The van der Waals surface area contributed by atoms with Crippen LogP contribution in [0.4, 0.5) is 13.2 Å². The molecule has 0 spiro atoms. The molecule has 2 nitrogen and oxygen atoms in total. The Morgan fingerprint density at radius 3 is 2.55 bits per heavy atom. The van der Waals surface area contributed by atoms with Crippen molar-refractivity contribution in [3.05, 3.63) is 47.8 Å². The second kappa shape index (κ2) is 4.96. The summed E-state index contributed by atoms with van der Waals surface area (Å²) in [6.45, 7) is 0. The Hall–Kier alpha value is -1.78. The van der Waals surface area contributed by atoms with E-state index in [4.69, 9.17) is 0 Å². The van der Waals surface area contributed by atoms with Crippen molar-refractivity contribution in [3.63, 3.8) is 0 Å². The van der Waals surface area contributed by atoms with Gasteiger partial charge in [-0.3, -0.25) is 0 Å². The molecule has 1 aliphatic carbocycles. The van der Waals surface area contributed by atoms with Crippen LogP contribution in [0.25, 0.3) is 5.69 Å².